The zero-order valence-electron chi connectivity index (χ0n) is 12.4. The number of nitrogens with two attached hydrogens (primary N) is 1. The third-order valence-corrected chi connectivity index (χ3v) is 3.26. The van der Waals surface area contributed by atoms with E-state index >= 15 is 0 Å². The van der Waals surface area contributed by atoms with E-state index in [0.717, 1.165) is 5.56 Å². The van der Waals surface area contributed by atoms with Crippen molar-refractivity contribution in [1.29, 1.82) is 0 Å². The lowest BCUT2D eigenvalue weighted by atomic mass is 9.92. The molecule has 0 heterocycles. The van der Waals surface area contributed by atoms with Crippen LogP contribution in [-0.2, 0) is 4.79 Å². The van der Waals surface area contributed by atoms with Gasteiger partial charge in [-0.25, -0.2) is 0 Å². The van der Waals surface area contributed by atoms with E-state index in [2.05, 4.69) is 19.2 Å². The van der Waals surface area contributed by atoms with Gasteiger partial charge >= 0.3 is 0 Å². The van der Waals surface area contributed by atoms with Gasteiger partial charge in [-0.1, -0.05) is 19.9 Å². The summed E-state index contributed by atoms with van der Waals surface area (Å²) in [7, 11) is 1.59. The van der Waals surface area contributed by atoms with Crippen LogP contribution in [-0.4, -0.2) is 19.6 Å². The molecule has 0 fully saturated rings. The smallest absolute Gasteiger partial charge is 0.231 e. The summed E-state index contributed by atoms with van der Waals surface area (Å²) in [6.45, 7) is 8.15. The molecule has 106 valence electrons. The number of hydrogen-bond acceptors (Lipinski definition) is 3. The van der Waals surface area contributed by atoms with Crippen molar-refractivity contribution in [3.05, 3.63) is 23.8 Å². The normalized spacial score (nSPS) is 11.5. The van der Waals surface area contributed by atoms with Crippen LogP contribution >= 0.6 is 0 Å². The molecule has 0 spiro atoms. The average molecular weight is 264 g/mol. The maximum atomic E-state index is 12.2. The first-order chi connectivity index (χ1) is 8.81. The summed E-state index contributed by atoms with van der Waals surface area (Å²) >= 11 is 0. The van der Waals surface area contributed by atoms with Gasteiger partial charge in [0.05, 0.1) is 18.2 Å². The van der Waals surface area contributed by atoms with Crippen molar-refractivity contribution < 1.29 is 9.53 Å². The predicted octanol–water partition coefficient (Wildman–Crippen LogP) is 2.74. The highest BCUT2D eigenvalue weighted by Crippen LogP contribution is 2.30. The maximum absolute atomic E-state index is 12.2. The fourth-order valence-electron chi connectivity index (χ4n) is 1.57. The molecule has 0 bridgehead atoms. The molecule has 0 aliphatic rings. The molecule has 1 amide bonds. The number of carbonyl (C=O) groups is 1. The van der Waals surface area contributed by atoms with Crippen molar-refractivity contribution in [3.8, 4) is 5.75 Å². The van der Waals surface area contributed by atoms with Crippen molar-refractivity contribution in [2.45, 2.75) is 33.6 Å². The summed E-state index contributed by atoms with van der Waals surface area (Å²) in [6.07, 6.45) is 0. The highest BCUT2D eigenvalue weighted by molar-refractivity contribution is 5.96. The highest BCUT2D eigenvalue weighted by atomic mass is 16.5. The summed E-state index contributed by atoms with van der Waals surface area (Å²) in [5.74, 6) is 0.948. The van der Waals surface area contributed by atoms with Gasteiger partial charge in [-0.3, -0.25) is 4.79 Å². The molecule has 4 heteroatoms. The Bertz CT molecular complexity index is 453. The molecule has 1 rings (SSSR count). The van der Waals surface area contributed by atoms with Gasteiger partial charge in [0, 0.05) is 6.54 Å². The van der Waals surface area contributed by atoms with E-state index in [1.807, 2.05) is 32.0 Å². The van der Waals surface area contributed by atoms with Crippen molar-refractivity contribution in [3.63, 3.8) is 0 Å². The molecule has 0 atom stereocenters. The number of methoxy groups -OCH3 is 1. The van der Waals surface area contributed by atoms with Crippen LogP contribution in [0.2, 0.25) is 0 Å². The summed E-state index contributed by atoms with van der Waals surface area (Å²) < 4.78 is 5.28. The quantitative estimate of drug-likeness (QED) is 0.859. The largest absolute Gasteiger partial charge is 0.495 e. The van der Waals surface area contributed by atoms with E-state index in [1.165, 1.54) is 0 Å². The maximum Gasteiger partial charge on any atom is 0.231 e. The standard InChI is InChI=1S/C15H24N2O2/c1-10(2)11-6-7-13(19-5)12(8-11)17-14(18)15(3,4)9-16/h6-8,10H,9,16H2,1-5H3,(H,17,18). The van der Waals surface area contributed by atoms with Gasteiger partial charge in [-0.15, -0.1) is 0 Å². The van der Waals surface area contributed by atoms with Gasteiger partial charge in [-0.2, -0.15) is 0 Å². The molecule has 19 heavy (non-hydrogen) atoms. The number of carbonyl (C=O) groups excluding carboxylic acids is 1. The Morgan fingerprint density at radius 2 is 2.05 bits per heavy atom. The molecule has 4 nitrogen and oxygen atoms in total. The number of rotatable bonds is 5. The first kappa shape index (κ1) is 15.5. The third-order valence-electron chi connectivity index (χ3n) is 3.26. The predicted molar refractivity (Wildman–Crippen MR) is 78.5 cm³/mol. The van der Waals surface area contributed by atoms with Crippen LogP contribution in [0.4, 0.5) is 5.69 Å². The van der Waals surface area contributed by atoms with Crippen LogP contribution in [0.1, 0.15) is 39.2 Å². The Labute approximate surface area is 115 Å². The van der Waals surface area contributed by atoms with Gasteiger partial charge < -0.3 is 15.8 Å². The van der Waals surface area contributed by atoms with Crippen LogP contribution in [0, 0.1) is 5.41 Å². The topological polar surface area (TPSA) is 64.3 Å². The molecule has 1 aromatic rings. The van der Waals surface area contributed by atoms with Gasteiger partial charge in [0.15, 0.2) is 0 Å². The molecule has 3 N–H and O–H groups in total. The highest BCUT2D eigenvalue weighted by Gasteiger charge is 2.26. The van der Waals surface area contributed by atoms with E-state index in [4.69, 9.17) is 10.5 Å². The van der Waals surface area contributed by atoms with E-state index < -0.39 is 5.41 Å². The van der Waals surface area contributed by atoms with Gasteiger partial charge in [-0.05, 0) is 37.5 Å². The molecule has 0 aliphatic heterocycles. The second kappa shape index (κ2) is 6.06. The Balaban J connectivity index is 3.05. The minimum Gasteiger partial charge on any atom is -0.495 e. The summed E-state index contributed by atoms with van der Waals surface area (Å²) in [6, 6.07) is 5.83. The minimum absolute atomic E-state index is 0.103. The molecular weight excluding hydrogens is 240 g/mol. The molecule has 0 radical (unpaired) electrons. The number of ether oxygens (including phenoxy) is 1. The van der Waals surface area contributed by atoms with Crippen LogP contribution in [0.15, 0.2) is 18.2 Å². The first-order valence-corrected chi connectivity index (χ1v) is 6.51. The fourth-order valence-corrected chi connectivity index (χ4v) is 1.57. The van der Waals surface area contributed by atoms with Crippen LogP contribution in [0.25, 0.3) is 0 Å². The summed E-state index contributed by atoms with van der Waals surface area (Å²) in [5.41, 5.74) is 6.87. The van der Waals surface area contributed by atoms with Crippen molar-refractivity contribution in [2.24, 2.45) is 11.1 Å². The Morgan fingerprint density at radius 1 is 1.42 bits per heavy atom. The fraction of sp³-hybridized carbons (Fsp3) is 0.533. The van der Waals surface area contributed by atoms with Gasteiger partial charge in [0.1, 0.15) is 5.75 Å². The van der Waals surface area contributed by atoms with Crippen LogP contribution < -0.4 is 15.8 Å². The van der Waals surface area contributed by atoms with E-state index in [1.54, 1.807) is 7.11 Å². The van der Waals surface area contributed by atoms with E-state index in [-0.39, 0.29) is 5.91 Å². The van der Waals surface area contributed by atoms with Crippen LogP contribution in [0.3, 0.4) is 0 Å². The second-order valence-corrected chi connectivity index (χ2v) is 5.66. The lowest BCUT2D eigenvalue weighted by Gasteiger charge is -2.22. The monoisotopic (exact) mass is 264 g/mol. The number of amides is 1. The van der Waals surface area contributed by atoms with Crippen molar-refractivity contribution in [2.75, 3.05) is 19.0 Å². The number of anilines is 1. The molecule has 0 saturated carbocycles. The van der Waals surface area contributed by atoms with E-state index in [0.29, 0.717) is 23.9 Å². The lowest BCUT2D eigenvalue weighted by Crippen LogP contribution is -2.37. The average Bonchev–Trinajstić information content (AvgIpc) is 2.38. The Kier molecular flexibility index (Phi) is 4.95. The van der Waals surface area contributed by atoms with Crippen molar-refractivity contribution in [1.82, 2.24) is 0 Å². The Hall–Kier alpha value is -1.55. The number of benzene rings is 1. The number of nitrogens with one attached hydrogen (secondary N) is 1. The van der Waals surface area contributed by atoms with Crippen molar-refractivity contribution >= 4 is 11.6 Å². The summed E-state index contributed by atoms with van der Waals surface area (Å²) in [5, 5.41) is 2.90. The molecule has 1 aromatic carbocycles. The summed E-state index contributed by atoms with van der Waals surface area (Å²) in [4.78, 5) is 12.2. The van der Waals surface area contributed by atoms with Gasteiger partial charge in [0.25, 0.3) is 0 Å². The molecule has 0 aromatic heterocycles. The molecular formula is C15H24N2O2. The minimum atomic E-state index is -0.598. The molecule has 0 saturated heterocycles. The first-order valence-electron chi connectivity index (χ1n) is 6.51. The zero-order chi connectivity index (χ0) is 14.6. The number of hydrogen-bond donors (Lipinski definition) is 2. The SMILES string of the molecule is COc1ccc(C(C)C)cc1NC(=O)C(C)(C)CN. The van der Waals surface area contributed by atoms with E-state index in [9.17, 15) is 4.79 Å². The molecule has 0 aliphatic carbocycles. The second-order valence-electron chi connectivity index (χ2n) is 5.66. The van der Waals surface area contributed by atoms with Gasteiger partial charge in [0.2, 0.25) is 5.91 Å². The van der Waals surface area contributed by atoms with Crippen LogP contribution in [0.5, 0.6) is 5.75 Å². The Morgan fingerprint density at radius 3 is 2.53 bits per heavy atom. The lowest BCUT2D eigenvalue weighted by molar-refractivity contribution is -0.123. The third kappa shape index (κ3) is 3.70. The molecule has 0 unspecified atom stereocenters. The zero-order valence-corrected chi connectivity index (χ0v) is 12.4.